The molecule has 1 fully saturated rings. The molecule has 5 nitrogen and oxygen atoms in total. The van der Waals surface area contributed by atoms with Crippen molar-refractivity contribution in [2.75, 3.05) is 26.2 Å². The van der Waals surface area contributed by atoms with Gasteiger partial charge in [-0.15, -0.1) is 6.58 Å². The Morgan fingerprint density at radius 2 is 1.90 bits per heavy atom. The zero-order chi connectivity index (χ0) is 22.2. The van der Waals surface area contributed by atoms with Gasteiger partial charge in [-0.1, -0.05) is 50.3 Å². The van der Waals surface area contributed by atoms with Gasteiger partial charge < -0.3 is 9.80 Å². The standard InChI is InChI=1S/C26H33N3O2/c1-4-14-28-15-16-29(25(30)21(5-2)6-3)19-24(26(28)31)17-20-9-11-22(12-10-20)23-8-7-13-27-18-23/h4,7-13,18,21,24H,1,5-6,14-17,19H2,2-3H3. The second-order valence-corrected chi connectivity index (χ2v) is 8.21. The number of hydrogen-bond donors (Lipinski definition) is 0. The van der Waals surface area contributed by atoms with E-state index in [0.717, 1.165) is 29.5 Å². The van der Waals surface area contributed by atoms with Crippen LogP contribution in [0.2, 0.25) is 0 Å². The molecule has 1 unspecified atom stereocenters. The molecule has 1 saturated heterocycles. The molecule has 0 radical (unpaired) electrons. The molecule has 0 spiro atoms. The predicted molar refractivity (Wildman–Crippen MR) is 124 cm³/mol. The van der Waals surface area contributed by atoms with Gasteiger partial charge >= 0.3 is 0 Å². The molecule has 1 aromatic heterocycles. The highest BCUT2D eigenvalue weighted by Gasteiger charge is 2.33. The fourth-order valence-electron chi connectivity index (χ4n) is 4.28. The van der Waals surface area contributed by atoms with Crippen LogP contribution in [0.5, 0.6) is 0 Å². The monoisotopic (exact) mass is 419 g/mol. The van der Waals surface area contributed by atoms with E-state index < -0.39 is 0 Å². The van der Waals surface area contributed by atoms with Crippen LogP contribution in [0.3, 0.4) is 0 Å². The van der Waals surface area contributed by atoms with Gasteiger partial charge in [-0.3, -0.25) is 14.6 Å². The lowest BCUT2D eigenvalue weighted by atomic mass is 9.95. The summed E-state index contributed by atoms with van der Waals surface area (Å²) in [6, 6.07) is 12.2. The molecule has 1 aliphatic rings. The van der Waals surface area contributed by atoms with Crippen LogP contribution in [-0.4, -0.2) is 52.8 Å². The third-order valence-electron chi connectivity index (χ3n) is 6.17. The first kappa shape index (κ1) is 22.7. The van der Waals surface area contributed by atoms with Crippen LogP contribution in [0.4, 0.5) is 0 Å². The smallest absolute Gasteiger partial charge is 0.228 e. The average Bonchev–Trinajstić information content (AvgIpc) is 2.95. The molecule has 31 heavy (non-hydrogen) atoms. The molecule has 0 N–H and O–H groups in total. The third-order valence-corrected chi connectivity index (χ3v) is 6.17. The normalized spacial score (nSPS) is 17.0. The van der Waals surface area contributed by atoms with Gasteiger partial charge in [0.2, 0.25) is 11.8 Å². The lowest BCUT2D eigenvalue weighted by Crippen LogP contribution is -2.40. The number of carbonyl (C=O) groups is 2. The Balaban J connectivity index is 1.79. The first-order chi connectivity index (χ1) is 15.1. The van der Waals surface area contributed by atoms with Gasteiger partial charge in [0.1, 0.15) is 0 Å². The predicted octanol–water partition coefficient (Wildman–Crippen LogP) is 4.20. The Morgan fingerprint density at radius 3 is 2.52 bits per heavy atom. The number of aromatic nitrogens is 1. The Labute approximate surface area is 185 Å². The minimum Gasteiger partial charge on any atom is -0.340 e. The van der Waals surface area contributed by atoms with Crippen LogP contribution < -0.4 is 0 Å². The molecule has 1 aliphatic heterocycles. The first-order valence-electron chi connectivity index (χ1n) is 11.2. The van der Waals surface area contributed by atoms with Crippen molar-refractivity contribution < 1.29 is 9.59 Å². The molecule has 3 rings (SSSR count). The van der Waals surface area contributed by atoms with E-state index in [0.29, 0.717) is 32.6 Å². The first-order valence-corrected chi connectivity index (χ1v) is 11.2. The maximum absolute atomic E-state index is 13.2. The number of benzene rings is 1. The number of hydrogen-bond acceptors (Lipinski definition) is 3. The number of rotatable bonds is 8. The van der Waals surface area contributed by atoms with E-state index in [2.05, 4.69) is 49.7 Å². The summed E-state index contributed by atoms with van der Waals surface area (Å²) in [5.74, 6) is 0.0664. The molecule has 5 heteroatoms. The molecular formula is C26H33N3O2. The van der Waals surface area contributed by atoms with E-state index >= 15 is 0 Å². The summed E-state index contributed by atoms with van der Waals surface area (Å²) >= 11 is 0. The second-order valence-electron chi connectivity index (χ2n) is 8.21. The molecular weight excluding hydrogens is 386 g/mol. The molecule has 2 aromatic rings. The van der Waals surface area contributed by atoms with Crippen molar-refractivity contribution >= 4 is 11.8 Å². The van der Waals surface area contributed by atoms with Crippen LogP contribution in [-0.2, 0) is 16.0 Å². The van der Waals surface area contributed by atoms with Crippen LogP contribution in [0.25, 0.3) is 11.1 Å². The van der Waals surface area contributed by atoms with Gasteiger partial charge in [0.25, 0.3) is 0 Å². The molecule has 164 valence electrons. The minimum absolute atomic E-state index is 0.0282. The van der Waals surface area contributed by atoms with Crippen molar-refractivity contribution in [3.8, 4) is 11.1 Å². The van der Waals surface area contributed by atoms with E-state index in [1.165, 1.54) is 0 Å². The lowest BCUT2D eigenvalue weighted by Gasteiger charge is -2.26. The van der Waals surface area contributed by atoms with E-state index in [4.69, 9.17) is 0 Å². The van der Waals surface area contributed by atoms with Crippen LogP contribution in [0, 0.1) is 11.8 Å². The largest absolute Gasteiger partial charge is 0.340 e. The summed E-state index contributed by atoms with van der Waals surface area (Å²) in [7, 11) is 0. The molecule has 0 saturated carbocycles. The van der Waals surface area contributed by atoms with Gasteiger partial charge in [-0.25, -0.2) is 0 Å². The molecule has 2 amide bonds. The third kappa shape index (κ3) is 5.60. The van der Waals surface area contributed by atoms with E-state index in [1.807, 2.05) is 28.1 Å². The van der Waals surface area contributed by atoms with Gasteiger partial charge in [0, 0.05) is 44.5 Å². The van der Waals surface area contributed by atoms with Crippen molar-refractivity contribution in [3.63, 3.8) is 0 Å². The SMILES string of the molecule is C=CCN1CCN(C(=O)C(CC)CC)CC(Cc2ccc(-c3cccnc3)cc2)C1=O. The summed E-state index contributed by atoms with van der Waals surface area (Å²) in [6.45, 7) is 10.1. The Kier molecular flexibility index (Phi) is 7.99. The Morgan fingerprint density at radius 1 is 1.16 bits per heavy atom. The van der Waals surface area contributed by atoms with Crippen LogP contribution >= 0.6 is 0 Å². The average molecular weight is 420 g/mol. The quantitative estimate of drug-likeness (QED) is 0.603. The zero-order valence-electron chi connectivity index (χ0n) is 18.7. The van der Waals surface area contributed by atoms with Crippen LogP contribution in [0.1, 0.15) is 32.3 Å². The molecule has 0 bridgehead atoms. The van der Waals surface area contributed by atoms with Crippen molar-refractivity contribution in [1.29, 1.82) is 0 Å². The van der Waals surface area contributed by atoms with Crippen molar-refractivity contribution in [2.45, 2.75) is 33.1 Å². The van der Waals surface area contributed by atoms with E-state index in [9.17, 15) is 9.59 Å². The Bertz CT molecular complexity index is 875. The zero-order valence-corrected chi connectivity index (χ0v) is 18.7. The molecule has 2 heterocycles. The van der Waals surface area contributed by atoms with E-state index in [1.54, 1.807) is 12.3 Å². The van der Waals surface area contributed by atoms with Gasteiger partial charge in [-0.2, -0.15) is 0 Å². The maximum Gasteiger partial charge on any atom is 0.228 e. The summed E-state index contributed by atoms with van der Waals surface area (Å²) in [4.78, 5) is 34.2. The highest BCUT2D eigenvalue weighted by atomic mass is 16.2. The number of nitrogens with zero attached hydrogens (tertiary/aromatic N) is 3. The fraction of sp³-hybridized carbons (Fsp3) is 0.423. The maximum atomic E-state index is 13.2. The highest BCUT2D eigenvalue weighted by molar-refractivity contribution is 5.83. The van der Waals surface area contributed by atoms with Gasteiger partial charge in [0.15, 0.2) is 0 Å². The number of carbonyl (C=O) groups excluding carboxylic acids is 2. The minimum atomic E-state index is -0.245. The van der Waals surface area contributed by atoms with Gasteiger partial charge in [0.05, 0.1) is 5.92 Å². The summed E-state index contributed by atoms with van der Waals surface area (Å²) in [6.07, 6.45) is 7.65. The van der Waals surface area contributed by atoms with Crippen molar-refractivity contribution in [1.82, 2.24) is 14.8 Å². The second kappa shape index (κ2) is 10.9. The summed E-state index contributed by atoms with van der Waals surface area (Å²) < 4.78 is 0. The van der Waals surface area contributed by atoms with E-state index in [-0.39, 0.29) is 23.7 Å². The Hall–Kier alpha value is -2.95. The molecule has 1 aromatic carbocycles. The lowest BCUT2D eigenvalue weighted by molar-refractivity contribution is -0.136. The van der Waals surface area contributed by atoms with Gasteiger partial charge in [-0.05, 0) is 42.0 Å². The topological polar surface area (TPSA) is 53.5 Å². The number of pyridine rings is 1. The van der Waals surface area contributed by atoms with Crippen LogP contribution in [0.15, 0.2) is 61.4 Å². The fourth-order valence-corrected chi connectivity index (χ4v) is 4.28. The van der Waals surface area contributed by atoms with Crippen molar-refractivity contribution in [2.24, 2.45) is 11.8 Å². The molecule has 1 atom stereocenters. The highest BCUT2D eigenvalue weighted by Crippen LogP contribution is 2.23. The molecule has 0 aliphatic carbocycles. The number of amides is 2. The summed E-state index contributed by atoms with van der Waals surface area (Å²) in [5.41, 5.74) is 3.27. The van der Waals surface area contributed by atoms with Crippen molar-refractivity contribution in [3.05, 3.63) is 67.0 Å². The summed E-state index contributed by atoms with van der Waals surface area (Å²) in [5, 5.41) is 0.